The third kappa shape index (κ3) is 5.82. The number of carbonyl (C=O) groups excluding carboxylic acids is 2. The van der Waals surface area contributed by atoms with Crippen molar-refractivity contribution in [3.63, 3.8) is 0 Å². The van der Waals surface area contributed by atoms with Gasteiger partial charge in [-0.15, -0.1) is 0 Å². The third-order valence-corrected chi connectivity index (χ3v) is 5.20. The molecule has 11 heteroatoms. The number of methoxy groups -OCH3 is 2. The minimum Gasteiger partial charge on any atom is -0.496 e. The Labute approximate surface area is 200 Å². The highest BCUT2D eigenvalue weighted by Gasteiger charge is 2.25. The van der Waals surface area contributed by atoms with Gasteiger partial charge < -0.3 is 25.2 Å². The van der Waals surface area contributed by atoms with E-state index < -0.39 is 29.5 Å². The number of benzene rings is 2. The summed E-state index contributed by atoms with van der Waals surface area (Å²) >= 11 is 0. The first-order chi connectivity index (χ1) is 16.7. The fourth-order valence-corrected chi connectivity index (χ4v) is 3.42. The lowest BCUT2D eigenvalue weighted by atomic mass is 10.1. The number of aromatic amines is 1. The number of aryl methyl sites for hydroxylation is 1. The van der Waals surface area contributed by atoms with Crippen LogP contribution in [0.25, 0.3) is 0 Å². The molecule has 0 saturated heterocycles. The van der Waals surface area contributed by atoms with Crippen LogP contribution in [0, 0.1) is 6.92 Å². The number of carbonyl (C=O) groups is 3. The summed E-state index contributed by atoms with van der Waals surface area (Å²) in [5.41, 5.74) is 0.508. The van der Waals surface area contributed by atoms with Gasteiger partial charge in [-0.1, -0.05) is 24.3 Å². The van der Waals surface area contributed by atoms with E-state index in [1.165, 1.54) is 14.2 Å². The molecule has 0 aliphatic carbocycles. The van der Waals surface area contributed by atoms with Gasteiger partial charge in [-0.25, -0.2) is 14.6 Å². The Bertz CT molecular complexity index is 1300. The number of hydrogen-bond acceptors (Lipinski definition) is 7. The van der Waals surface area contributed by atoms with Gasteiger partial charge in [0, 0.05) is 23.7 Å². The Morgan fingerprint density at radius 1 is 1.03 bits per heavy atom. The smallest absolute Gasteiger partial charge is 0.346 e. The molecule has 182 valence electrons. The summed E-state index contributed by atoms with van der Waals surface area (Å²) in [7, 11) is 2.78. The first-order valence-corrected chi connectivity index (χ1v) is 10.4. The molecule has 35 heavy (non-hydrogen) atoms. The average molecular weight is 480 g/mol. The van der Waals surface area contributed by atoms with E-state index >= 15 is 0 Å². The normalized spacial score (nSPS) is 11.3. The number of ether oxygens (including phenoxy) is 2. The molecule has 0 saturated carbocycles. The molecule has 0 spiro atoms. The highest BCUT2D eigenvalue weighted by atomic mass is 16.5. The van der Waals surface area contributed by atoms with Gasteiger partial charge in [0.25, 0.3) is 11.8 Å². The van der Waals surface area contributed by atoms with Crippen LogP contribution in [0.1, 0.15) is 31.8 Å². The number of carboxylic acid groups (broad SMARTS) is 1. The largest absolute Gasteiger partial charge is 0.496 e. The van der Waals surface area contributed by atoms with Crippen LogP contribution in [-0.4, -0.2) is 53.1 Å². The molecule has 1 atom stereocenters. The highest BCUT2D eigenvalue weighted by Crippen LogP contribution is 2.29. The van der Waals surface area contributed by atoms with Crippen molar-refractivity contribution in [1.82, 2.24) is 15.3 Å². The Morgan fingerprint density at radius 3 is 2.29 bits per heavy atom. The number of anilines is 1. The number of amides is 2. The maximum Gasteiger partial charge on any atom is 0.346 e. The number of hydrogen-bond donors (Lipinski definition) is 4. The molecule has 1 heterocycles. The van der Waals surface area contributed by atoms with Gasteiger partial charge in [-0.05, 0) is 30.7 Å². The fourth-order valence-electron chi connectivity index (χ4n) is 3.42. The van der Waals surface area contributed by atoms with Crippen molar-refractivity contribution >= 4 is 23.6 Å². The van der Waals surface area contributed by atoms with Crippen LogP contribution in [-0.2, 0) is 11.2 Å². The number of carboxylic acids is 1. The van der Waals surface area contributed by atoms with Crippen LogP contribution in [0.5, 0.6) is 11.5 Å². The lowest BCUT2D eigenvalue weighted by Gasteiger charge is -2.18. The third-order valence-electron chi connectivity index (χ3n) is 5.20. The van der Waals surface area contributed by atoms with Gasteiger partial charge in [0.1, 0.15) is 28.9 Å². The highest BCUT2D eigenvalue weighted by molar-refractivity contribution is 6.08. The SMILES string of the molecule is COc1cccc(OC)c1C(=O)Nc1[nH]c(=O)ncc1CC(NC(=O)c1ccccc1C)C(=O)O. The lowest BCUT2D eigenvalue weighted by molar-refractivity contribution is -0.139. The van der Waals surface area contributed by atoms with Gasteiger partial charge >= 0.3 is 11.7 Å². The van der Waals surface area contributed by atoms with E-state index in [0.29, 0.717) is 11.1 Å². The first-order valence-electron chi connectivity index (χ1n) is 10.4. The molecule has 1 aromatic heterocycles. The number of rotatable bonds is 9. The predicted molar refractivity (Wildman–Crippen MR) is 126 cm³/mol. The van der Waals surface area contributed by atoms with E-state index in [-0.39, 0.29) is 34.9 Å². The topological polar surface area (TPSA) is 160 Å². The van der Waals surface area contributed by atoms with Crippen LogP contribution in [0.3, 0.4) is 0 Å². The van der Waals surface area contributed by atoms with Crippen molar-refractivity contribution in [3.05, 3.63) is 81.4 Å². The summed E-state index contributed by atoms with van der Waals surface area (Å²) in [6, 6.07) is 10.1. The molecule has 1 unspecified atom stereocenters. The molecular formula is C24H24N4O7. The quantitative estimate of drug-likeness (QED) is 0.361. The summed E-state index contributed by atoms with van der Waals surface area (Å²) in [5, 5.41) is 14.7. The Hall–Kier alpha value is -4.67. The molecule has 0 aliphatic heterocycles. The fraction of sp³-hybridized carbons (Fsp3) is 0.208. The first kappa shape index (κ1) is 25.0. The Balaban J connectivity index is 1.90. The lowest BCUT2D eigenvalue weighted by Crippen LogP contribution is -2.42. The van der Waals surface area contributed by atoms with Crippen LogP contribution >= 0.6 is 0 Å². The van der Waals surface area contributed by atoms with Crippen molar-refractivity contribution in [2.45, 2.75) is 19.4 Å². The zero-order chi connectivity index (χ0) is 25.5. The summed E-state index contributed by atoms with van der Waals surface area (Å²) in [6.07, 6.45) is 0.874. The second-order valence-corrected chi connectivity index (χ2v) is 7.46. The molecule has 2 amide bonds. The Morgan fingerprint density at radius 2 is 1.69 bits per heavy atom. The van der Waals surface area contributed by atoms with Crippen molar-refractivity contribution in [2.24, 2.45) is 0 Å². The number of H-pyrrole nitrogens is 1. The number of nitrogens with one attached hydrogen (secondary N) is 3. The van der Waals surface area contributed by atoms with Gasteiger partial charge in [0.15, 0.2) is 0 Å². The van der Waals surface area contributed by atoms with Crippen LogP contribution in [0.2, 0.25) is 0 Å². The van der Waals surface area contributed by atoms with Crippen molar-refractivity contribution in [1.29, 1.82) is 0 Å². The van der Waals surface area contributed by atoms with E-state index in [0.717, 1.165) is 6.20 Å². The molecule has 3 aromatic rings. The number of nitrogens with zero attached hydrogens (tertiary/aromatic N) is 1. The van der Waals surface area contributed by atoms with Crippen LogP contribution < -0.4 is 25.8 Å². The number of aromatic nitrogens is 2. The summed E-state index contributed by atoms with van der Waals surface area (Å²) in [6.45, 7) is 1.73. The molecule has 4 N–H and O–H groups in total. The van der Waals surface area contributed by atoms with Gasteiger partial charge in [0.05, 0.1) is 14.2 Å². The van der Waals surface area contributed by atoms with E-state index in [1.807, 2.05) is 0 Å². The van der Waals surface area contributed by atoms with Crippen molar-refractivity contribution in [3.8, 4) is 11.5 Å². The number of aliphatic carboxylic acids is 1. The molecule has 0 radical (unpaired) electrons. The predicted octanol–water partition coefficient (Wildman–Crippen LogP) is 1.77. The average Bonchev–Trinajstić information content (AvgIpc) is 2.84. The van der Waals surface area contributed by atoms with Gasteiger partial charge in [-0.2, -0.15) is 0 Å². The summed E-state index contributed by atoms with van der Waals surface area (Å²) in [4.78, 5) is 55.6. The zero-order valence-corrected chi connectivity index (χ0v) is 19.2. The molecule has 0 bridgehead atoms. The monoisotopic (exact) mass is 480 g/mol. The minimum absolute atomic E-state index is 0.0700. The summed E-state index contributed by atoms with van der Waals surface area (Å²) in [5.74, 6) is -2.15. The molecular weight excluding hydrogens is 456 g/mol. The van der Waals surface area contributed by atoms with Gasteiger partial charge in [0.2, 0.25) is 0 Å². The van der Waals surface area contributed by atoms with Crippen molar-refractivity contribution in [2.75, 3.05) is 19.5 Å². The summed E-state index contributed by atoms with van der Waals surface area (Å²) < 4.78 is 10.5. The van der Waals surface area contributed by atoms with E-state index in [1.54, 1.807) is 49.4 Å². The minimum atomic E-state index is -1.37. The standard InChI is InChI=1S/C24H24N4O7/c1-13-7-4-5-8-15(13)21(29)26-16(23(31)32)11-14-12-25-24(33)28-20(14)27-22(30)19-17(34-2)9-6-10-18(19)35-3/h4-10,12,16H,11H2,1-3H3,(H,26,29)(H,31,32)(H2,25,27,28,30,33). The van der Waals surface area contributed by atoms with E-state index in [2.05, 4.69) is 20.6 Å². The molecule has 0 aliphatic rings. The van der Waals surface area contributed by atoms with Crippen LogP contribution in [0.15, 0.2) is 53.5 Å². The van der Waals surface area contributed by atoms with Crippen molar-refractivity contribution < 1.29 is 29.0 Å². The Kier molecular flexibility index (Phi) is 7.82. The molecule has 3 rings (SSSR count). The molecule has 0 fully saturated rings. The second kappa shape index (κ2) is 11.0. The van der Waals surface area contributed by atoms with E-state index in [9.17, 15) is 24.3 Å². The van der Waals surface area contributed by atoms with Gasteiger partial charge in [-0.3, -0.25) is 14.6 Å². The maximum atomic E-state index is 13.1. The molecule has 11 nitrogen and oxygen atoms in total. The molecule has 2 aromatic carbocycles. The van der Waals surface area contributed by atoms with E-state index in [4.69, 9.17) is 9.47 Å². The zero-order valence-electron chi connectivity index (χ0n) is 19.2. The maximum absolute atomic E-state index is 13.1. The second-order valence-electron chi connectivity index (χ2n) is 7.46. The van der Waals surface area contributed by atoms with Crippen LogP contribution in [0.4, 0.5) is 5.82 Å².